The molecule has 0 aliphatic rings. The fourth-order valence-electron chi connectivity index (χ4n) is 1.75. The van der Waals surface area contributed by atoms with E-state index in [-0.39, 0.29) is 0 Å². The number of methoxy groups -OCH3 is 1. The van der Waals surface area contributed by atoms with Gasteiger partial charge in [0, 0.05) is 43.3 Å². The summed E-state index contributed by atoms with van der Waals surface area (Å²) in [6.45, 7) is 4.03. The van der Waals surface area contributed by atoms with Gasteiger partial charge in [-0.1, -0.05) is 0 Å². The van der Waals surface area contributed by atoms with Gasteiger partial charge in [0.2, 0.25) is 0 Å². The zero-order valence-corrected chi connectivity index (χ0v) is 11.8. The molecule has 0 radical (unpaired) electrons. The van der Waals surface area contributed by atoms with Crippen LogP contribution in [-0.2, 0) is 9.53 Å². The number of hydrogen-bond donors (Lipinski definition) is 2. The molecular formula is C14H18N4O2. The van der Waals surface area contributed by atoms with Crippen LogP contribution >= 0.6 is 0 Å². The van der Waals surface area contributed by atoms with Gasteiger partial charge in [-0.3, -0.25) is 0 Å². The Bertz CT molecular complexity index is 645. The maximum Gasteiger partial charge on any atom is 0.141 e. The van der Waals surface area contributed by atoms with Crippen LogP contribution in [0.4, 0.5) is 0 Å². The molecule has 0 spiro atoms. The van der Waals surface area contributed by atoms with Crippen LogP contribution < -0.4 is 0 Å². The van der Waals surface area contributed by atoms with Crippen molar-refractivity contribution in [3.8, 4) is 11.3 Å². The van der Waals surface area contributed by atoms with E-state index in [1.807, 2.05) is 32.2 Å². The SMILES string of the molecule is C=O.COC.Cc1cc(-c2ncnc3[nH]ccc23)c[nH]1. The number of H-pyrrole nitrogens is 2. The topological polar surface area (TPSA) is 83.7 Å². The number of carbonyl (C=O) groups is 1. The molecule has 0 fully saturated rings. The predicted molar refractivity (Wildman–Crippen MR) is 78.5 cm³/mol. The van der Waals surface area contributed by atoms with Crippen molar-refractivity contribution in [2.75, 3.05) is 14.2 Å². The Hall–Kier alpha value is -2.47. The van der Waals surface area contributed by atoms with Gasteiger partial charge in [0.05, 0.1) is 5.69 Å². The minimum atomic E-state index is 0.874. The van der Waals surface area contributed by atoms with Crippen LogP contribution in [0.2, 0.25) is 0 Å². The van der Waals surface area contributed by atoms with Gasteiger partial charge in [0.1, 0.15) is 18.8 Å². The molecular weight excluding hydrogens is 256 g/mol. The van der Waals surface area contributed by atoms with E-state index in [0.29, 0.717) is 0 Å². The monoisotopic (exact) mass is 274 g/mol. The van der Waals surface area contributed by atoms with Crippen molar-refractivity contribution in [1.82, 2.24) is 19.9 Å². The van der Waals surface area contributed by atoms with Crippen molar-refractivity contribution in [2.45, 2.75) is 6.92 Å². The van der Waals surface area contributed by atoms with Gasteiger partial charge in [-0.15, -0.1) is 0 Å². The molecule has 6 nitrogen and oxygen atoms in total. The minimum absolute atomic E-state index is 0.874. The molecule has 3 aromatic heterocycles. The highest BCUT2D eigenvalue weighted by molar-refractivity contribution is 5.90. The molecule has 0 saturated carbocycles. The number of rotatable bonds is 1. The number of hydrogen-bond acceptors (Lipinski definition) is 4. The molecule has 0 saturated heterocycles. The van der Waals surface area contributed by atoms with Gasteiger partial charge in [0.15, 0.2) is 0 Å². The number of aryl methyl sites for hydroxylation is 1. The molecule has 0 aliphatic carbocycles. The van der Waals surface area contributed by atoms with Crippen LogP contribution in [0.15, 0.2) is 30.9 Å². The van der Waals surface area contributed by atoms with Gasteiger partial charge in [-0.2, -0.15) is 0 Å². The lowest BCUT2D eigenvalue weighted by molar-refractivity contribution is -0.0979. The van der Waals surface area contributed by atoms with Crippen molar-refractivity contribution < 1.29 is 9.53 Å². The lowest BCUT2D eigenvalue weighted by Gasteiger charge is -1.97. The summed E-state index contributed by atoms with van der Waals surface area (Å²) in [4.78, 5) is 22.7. The van der Waals surface area contributed by atoms with Crippen LogP contribution in [0.25, 0.3) is 22.3 Å². The van der Waals surface area contributed by atoms with Gasteiger partial charge >= 0.3 is 0 Å². The van der Waals surface area contributed by atoms with Gasteiger partial charge in [-0.25, -0.2) is 9.97 Å². The molecule has 0 aliphatic heterocycles. The van der Waals surface area contributed by atoms with E-state index in [9.17, 15) is 0 Å². The molecule has 6 heteroatoms. The van der Waals surface area contributed by atoms with Crippen LogP contribution in [0, 0.1) is 6.92 Å². The van der Waals surface area contributed by atoms with E-state index in [2.05, 4.69) is 30.7 Å². The smallest absolute Gasteiger partial charge is 0.141 e. The Balaban J connectivity index is 0.000000357. The molecule has 0 aromatic carbocycles. The Kier molecular flexibility index (Phi) is 6.12. The van der Waals surface area contributed by atoms with E-state index in [4.69, 9.17) is 4.79 Å². The molecule has 0 amide bonds. The standard InChI is InChI=1S/C11H10N4.C2H6O.CH2O/c1-7-4-8(5-13-7)10-9-2-3-12-11(9)15-6-14-10;1-3-2;1-2/h2-6,13H,1H3,(H,12,14,15);1-2H3;1H2. The number of nitrogens with zero attached hydrogens (tertiary/aromatic N) is 2. The summed E-state index contributed by atoms with van der Waals surface area (Å²) in [6.07, 6.45) is 5.42. The van der Waals surface area contributed by atoms with Crippen LogP contribution in [-0.4, -0.2) is 40.9 Å². The molecule has 2 N–H and O–H groups in total. The van der Waals surface area contributed by atoms with Crippen LogP contribution in [0.5, 0.6) is 0 Å². The Labute approximate surface area is 117 Å². The average Bonchev–Trinajstić information content (AvgIpc) is 3.10. The number of aromatic amines is 2. The molecule has 0 atom stereocenters. The Morgan fingerprint density at radius 2 is 1.90 bits per heavy atom. The summed E-state index contributed by atoms with van der Waals surface area (Å²) in [6, 6.07) is 4.07. The highest BCUT2D eigenvalue weighted by Gasteiger charge is 2.07. The van der Waals surface area contributed by atoms with E-state index >= 15 is 0 Å². The number of ether oxygens (including phenoxy) is 1. The summed E-state index contributed by atoms with van der Waals surface area (Å²) in [7, 11) is 3.25. The van der Waals surface area contributed by atoms with Crippen molar-refractivity contribution in [1.29, 1.82) is 0 Å². The lowest BCUT2D eigenvalue weighted by atomic mass is 10.2. The van der Waals surface area contributed by atoms with Crippen molar-refractivity contribution in [3.63, 3.8) is 0 Å². The second kappa shape index (κ2) is 7.85. The van der Waals surface area contributed by atoms with Crippen LogP contribution in [0.1, 0.15) is 5.69 Å². The third-order valence-corrected chi connectivity index (χ3v) is 2.45. The summed E-state index contributed by atoms with van der Waals surface area (Å²) in [5.74, 6) is 0. The second-order valence-electron chi connectivity index (χ2n) is 3.94. The first-order chi connectivity index (χ1) is 9.76. The van der Waals surface area contributed by atoms with Gasteiger partial charge in [0.25, 0.3) is 0 Å². The Morgan fingerprint density at radius 1 is 1.20 bits per heavy atom. The van der Waals surface area contributed by atoms with Crippen LogP contribution in [0.3, 0.4) is 0 Å². The molecule has 0 bridgehead atoms. The van der Waals surface area contributed by atoms with Crippen molar-refractivity contribution >= 4 is 17.8 Å². The van der Waals surface area contributed by atoms with E-state index in [0.717, 1.165) is 28.0 Å². The van der Waals surface area contributed by atoms with E-state index in [1.165, 1.54) is 0 Å². The maximum absolute atomic E-state index is 8.00. The fourth-order valence-corrected chi connectivity index (χ4v) is 1.75. The first kappa shape index (κ1) is 15.6. The minimum Gasteiger partial charge on any atom is -0.388 e. The predicted octanol–water partition coefficient (Wildman–Crippen LogP) is 2.34. The zero-order chi connectivity index (χ0) is 15.0. The molecule has 0 unspecified atom stereocenters. The third-order valence-electron chi connectivity index (χ3n) is 2.45. The van der Waals surface area contributed by atoms with E-state index in [1.54, 1.807) is 20.5 Å². The molecule has 106 valence electrons. The molecule has 3 rings (SSSR count). The number of nitrogens with one attached hydrogen (secondary N) is 2. The largest absolute Gasteiger partial charge is 0.388 e. The first-order valence-electron chi connectivity index (χ1n) is 5.88. The number of fused-ring (bicyclic) bond motifs is 1. The average molecular weight is 274 g/mol. The van der Waals surface area contributed by atoms with E-state index < -0.39 is 0 Å². The summed E-state index contributed by atoms with van der Waals surface area (Å²) in [5.41, 5.74) is 4.07. The zero-order valence-electron chi connectivity index (χ0n) is 11.8. The van der Waals surface area contributed by atoms with Gasteiger partial charge in [-0.05, 0) is 19.1 Å². The Morgan fingerprint density at radius 3 is 2.50 bits per heavy atom. The number of aromatic nitrogens is 4. The summed E-state index contributed by atoms with van der Waals surface area (Å²) < 4.78 is 4.25. The molecule has 20 heavy (non-hydrogen) atoms. The van der Waals surface area contributed by atoms with Crippen molar-refractivity contribution in [2.24, 2.45) is 0 Å². The highest BCUT2D eigenvalue weighted by atomic mass is 16.4. The molecule has 3 aromatic rings. The maximum atomic E-state index is 8.00. The molecule has 3 heterocycles. The fraction of sp³-hybridized carbons (Fsp3) is 0.214. The summed E-state index contributed by atoms with van der Waals surface area (Å²) in [5, 5.41) is 1.05. The lowest BCUT2D eigenvalue weighted by Crippen LogP contribution is -1.85. The highest BCUT2D eigenvalue weighted by Crippen LogP contribution is 2.24. The quantitative estimate of drug-likeness (QED) is 0.713. The normalized spacial score (nSPS) is 9.35. The summed E-state index contributed by atoms with van der Waals surface area (Å²) >= 11 is 0. The second-order valence-corrected chi connectivity index (χ2v) is 3.94. The van der Waals surface area contributed by atoms with Crippen molar-refractivity contribution in [3.05, 3.63) is 36.5 Å². The number of carbonyl (C=O) groups excluding carboxylic acids is 1. The first-order valence-corrected chi connectivity index (χ1v) is 5.88. The van der Waals surface area contributed by atoms with Gasteiger partial charge < -0.3 is 19.5 Å². The third kappa shape index (κ3) is 3.52.